The summed E-state index contributed by atoms with van der Waals surface area (Å²) < 4.78 is 4.36. The molecule has 0 saturated carbocycles. The van der Waals surface area contributed by atoms with Crippen molar-refractivity contribution >= 4 is 23.4 Å². The smallest absolute Gasteiger partial charge is 0.331 e. The fourth-order valence-corrected chi connectivity index (χ4v) is 1.38. The van der Waals surface area contributed by atoms with Crippen molar-refractivity contribution in [1.82, 2.24) is 0 Å². The van der Waals surface area contributed by atoms with Gasteiger partial charge in [-0.1, -0.05) is 23.7 Å². The zero-order chi connectivity index (χ0) is 12.1. The maximum Gasteiger partial charge on any atom is 0.331 e. The van der Waals surface area contributed by atoms with Crippen LogP contribution in [0.2, 0.25) is 5.02 Å². The Morgan fingerprint density at radius 3 is 2.56 bits per heavy atom. The second kappa shape index (κ2) is 5.29. The molecule has 0 aliphatic carbocycles. The summed E-state index contributed by atoms with van der Waals surface area (Å²) in [4.78, 5) is 22.9. The summed E-state index contributed by atoms with van der Waals surface area (Å²) in [7, 11) is 1.12. The first-order chi connectivity index (χ1) is 7.61. The fourth-order valence-electron chi connectivity index (χ4n) is 1.15. The van der Waals surface area contributed by atoms with Crippen molar-refractivity contribution in [2.24, 2.45) is 5.92 Å². The molecule has 0 aromatic heterocycles. The number of hydrogen-bond donors (Lipinski definition) is 0. The Bertz CT molecular complexity index is 465. The molecular formula is C11H8ClNO3. The van der Waals surface area contributed by atoms with Gasteiger partial charge in [0.15, 0.2) is 5.78 Å². The minimum Gasteiger partial charge on any atom is -0.468 e. The van der Waals surface area contributed by atoms with Crippen LogP contribution in [0.3, 0.4) is 0 Å². The van der Waals surface area contributed by atoms with Crippen LogP contribution in [0.5, 0.6) is 0 Å². The van der Waals surface area contributed by atoms with E-state index in [1.54, 1.807) is 18.2 Å². The lowest BCUT2D eigenvalue weighted by Gasteiger charge is -2.06. The highest BCUT2D eigenvalue weighted by molar-refractivity contribution is 6.34. The van der Waals surface area contributed by atoms with Crippen LogP contribution in [0.15, 0.2) is 24.3 Å². The summed E-state index contributed by atoms with van der Waals surface area (Å²) in [5.41, 5.74) is 0.140. The van der Waals surface area contributed by atoms with E-state index in [1.165, 1.54) is 12.1 Å². The van der Waals surface area contributed by atoms with Gasteiger partial charge in [-0.2, -0.15) is 5.26 Å². The average molecular weight is 238 g/mol. The number of methoxy groups -OCH3 is 1. The fraction of sp³-hybridized carbons (Fsp3) is 0.182. The summed E-state index contributed by atoms with van der Waals surface area (Å²) in [6.07, 6.45) is 0. The highest BCUT2D eigenvalue weighted by Crippen LogP contribution is 2.19. The van der Waals surface area contributed by atoms with Gasteiger partial charge in [0.25, 0.3) is 0 Å². The van der Waals surface area contributed by atoms with E-state index in [0.29, 0.717) is 0 Å². The van der Waals surface area contributed by atoms with E-state index in [9.17, 15) is 9.59 Å². The van der Waals surface area contributed by atoms with Crippen molar-refractivity contribution in [3.63, 3.8) is 0 Å². The van der Waals surface area contributed by atoms with Crippen LogP contribution in [-0.2, 0) is 9.53 Å². The number of ether oxygens (including phenoxy) is 1. The normalized spacial score (nSPS) is 11.3. The summed E-state index contributed by atoms with van der Waals surface area (Å²) in [5, 5.41) is 8.94. The molecule has 0 saturated heterocycles. The van der Waals surface area contributed by atoms with Gasteiger partial charge in [-0.25, -0.2) is 0 Å². The van der Waals surface area contributed by atoms with Crippen LogP contribution < -0.4 is 0 Å². The standard InChI is InChI=1S/C11H8ClNO3/c1-16-11(15)8(6-13)10(14)7-4-2-3-5-9(7)12/h2-5,8H,1H3/t8-/m0/s1. The van der Waals surface area contributed by atoms with Crippen molar-refractivity contribution in [3.05, 3.63) is 34.9 Å². The quantitative estimate of drug-likeness (QED) is 0.457. The topological polar surface area (TPSA) is 67.2 Å². The molecule has 1 aromatic carbocycles. The van der Waals surface area contributed by atoms with Gasteiger partial charge >= 0.3 is 5.97 Å². The number of nitrogens with zero attached hydrogens (tertiary/aromatic N) is 1. The first-order valence-electron chi connectivity index (χ1n) is 4.38. The molecule has 0 aliphatic rings. The molecule has 0 radical (unpaired) electrons. The molecule has 1 atom stereocenters. The van der Waals surface area contributed by atoms with Crippen LogP contribution >= 0.6 is 11.6 Å². The Morgan fingerprint density at radius 1 is 1.44 bits per heavy atom. The van der Waals surface area contributed by atoms with Gasteiger partial charge in [-0.15, -0.1) is 0 Å². The van der Waals surface area contributed by atoms with E-state index in [1.807, 2.05) is 0 Å². The van der Waals surface area contributed by atoms with Crippen molar-refractivity contribution in [2.75, 3.05) is 7.11 Å². The highest BCUT2D eigenvalue weighted by Gasteiger charge is 2.29. The van der Waals surface area contributed by atoms with Crippen molar-refractivity contribution in [1.29, 1.82) is 5.26 Å². The minimum absolute atomic E-state index is 0.140. The number of Topliss-reactive ketones (excluding diaryl/α,β-unsaturated/α-hetero) is 1. The molecule has 0 fully saturated rings. The van der Waals surface area contributed by atoms with Gasteiger partial charge in [0.1, 0.15) is 0 Å². The molecule has 1 aromatic rings. The van der Waals surface area contributed by atoms with Crippen LogP contribution in [-0.4, -0.2) is 18.9 Å². The zero-order valence-corrected chi connectivity index (χ0v) is 9.19. The van der Waals surface area contributed by atoms with E-state index in [-0.39, 0.29) is 10.6 Å². The molecule has 82 valence electrons. The number of ketones is 1. The molecule has 0 N–H and O–H groups in total. The molecule has 4 nitrogen and oxygen atoms in total. The largest absolute Gasteiger partial charge is 0.468 e. The maximum absolute atomic E-state index is 11.8. The van der Waals surface area contributed by atoms with Crippen LogP contribution in [0, 0.1) is 17.2 Å². The Balaban J connectivity index is 3.07. The van der Waals surface area contributed by atoms with Gasteiger partial charge in [-0.3, -0.25) is 9.59 Å². The first-order valence-corrected chi connectivity index (χ1v) is 4.75. The van der Waals surface area contributed by atoms with Gasteiger partial charge in [0.2, 0.25) is 5.92 Å². The van der Waals surface area contributed by atoms with Gasteiger partial charge in [-0.05, 0) is 12.1 Å². The summed E-state index contributed by atoms with van der Waals surface area (Å²) >= 11 is 5.79. The van der Waals surface area contributed by atoms with E-state index in [0.717, 1.165) is 7.11 Å². The Morgan fingerprint density at radius 2 is 2.06 bits per heavy atom. The molecule has 0 bridgehead atoms. The Hall–Kier alpha value is -1.86. The monoisotopic (exact) mass is 237 g/mol. The first kappa shape index (κ1) is 12.2. The third-order valence-corrected chi connectivity index (χ3v) is 2.30. The number of carbonyl (C=O) groups is 2. The van der Waals surface area contributed by atoms with Crippen LogP contribution in [0.1, 0.15) is 10.4 Å². The number of rotatable bonds is 3. The van der Waals surface area contributed by atoms with Gasteiger partial charge in [0.05, 0.1) is 18.2 Å². The minimum atomic E-state index is -1.47. The Labute approximate surface area is 97.4 Å². The van der Waals surface area contributed by atoms with Crippen molar-refractivity contribution in [3.8, 4) is 6.07 Å². The molecule has 0 spiro atoms. The van der Waals surface area contributed by atoms with E-state index < -0.39 is 17.7 Å². The molecule has 16 heavy (non-hydrogen) atoms. The maximum atomic E-state index is 11.8. The van der Waals surface area contributed by atoms with Crippen molar-refractivity contribution < 1.29 is 14.3 Å². The van der Waals surface area contributed by atoms with Gasteiger partial charge < -0.3 is 4.74 Å². The second-order valence-electron chi connectivity index (χ2n) is 2.93. The van der Waals surface area contributed by atoms with Gasteiger partial charge in [0, 0.05) is 5.56 Å². The van der Waals surface area contributed by atoms with E-state index in [2.05, 4.69) is 4.74 Å². The third-order valence-electron chi connectivity index (χ3n) is 1.97. The zero-order valence-electron chi connectivity index (χ0n) is 8.44. The lowest BCUT2D eigenvalue weighted by molar-refractivity contribution is -0.141. The molecule has 0 aliphatic heterocycles. The molecule has 1 rings (SSSR count). The van der Waals surface area contributed by atoms with Crippen LogP contribution in [0.25, 0.3) is 0 Å². The number of nitriles is 1. The number of benzene rings is 1. The number of carbonyl (C=O) groups excluding carboxylic acids is 2. The van der Waals surface area contributed by atoms with E-state index >= 15 is 0 Å². The second-order valence-corrected chi connectivity index (χ2v) is 3.34. The summed E-state index contributed by atoms with van der Waals surface area (Å²) in [5.74, 6) is -3.00. The van der Waals surface area contributed by atoms with Crippen LogP contribution in [0.4, 0.5) is 0 Å². The number of esters is 1. The summed E-state index contributed by atoms with van der Waals surface area (Å²) in [6.45, 7) is 0. The number of hydrogen-bond acceptors (Lipinski definition) is 4. The van der Waals surface area contributed by atoms with Crippen molar-refractivity contribution in [2.45, 2.75) is 0 Å². The molecule has 0 heterocycles. The molecule has 0 amide bonds. The van der Waals surface area contributed by atoms with E-state index in [4.69, 9.17) is 16.9 Å². The predicted octanol–water partition coefficient (Wildman–Crippen LogP) is 1.84. The highest BCUT2D eigenvalue weighted by atomic mass is 35.5. The Kier molecular flexibility index (Phi) is 4.03. The average Bonchev–Trinajstić information content (AvgIpc) is 2.30. The SMILES string of the molecule is COC(=O)[C@@H](C#N)C(=O)c1ccccc1Cl. The molecule has 0 unspecified atom stereocenters. The molecule has 5 heteroatoms. The number of halogens is 1. The predicted molar refractivity (Wildman–Crippen MR) is 56.9 cm³/mol. The lowest BCUT2D eigenvalue weighted by Crippen LogP contribution is -2.24. The third kappa shape index (κ3) is 2.38. The lowest BCUT2D eigenvalue weighted by atomic mass is 9.99. The molecular weight excluding hydrogens is 230 g/mol. The summed E-state index contributed by atoms with van der Waals surface area (Å²) in [6, 6.07) is 7.82.